The molecule has 5 rings (SSSR count). The fraction of sp³-hybridized carbons (Fsp3) is 0.300. The highest BCUT2D eigenvalue weighted by atomic mass is 19.4. The van der Waals surface area contributed by atoms with Gasteiger partial charge in [-0.05, 0) is 47.5 Å². The van der Waals surface area contributed by atoms with Crippen molar-refractivity contribution >= 4 is 22.5 Å². The van der Waals surface area contributed by atoms with Gasteiger partial charge in [0.1, 0.15) is 5.75 Å². The van der Waals surface area contributed by atoms with Gasteiger partial charge >= 0.3 is 6.18 Å². The summed E-state index contributed by atoms with van der Waals surface area (Å²) in [6.45, 7) is 2.46. The molecular weight excluding hydrogens is 491 g/mol. The molecule has 0 saturated carbocycles. The van der Waals surface area contributed by atoms with Crippen molar-refractivity contribution in [1.29, 1.82) is 0 Å². The number of carbonyl (C=O) groups is 1. The molecule has 0 bridgehead atoms. The highest BCUT2D eigenvalue weighted by Crippen LogP contribution is 2.38. The number of nitrogens with zero attached hydrogens (tertiary/aromatic N) is 3. The Morgan fingerprint density at radius 2 is 1.66 bits per heavy atom. The van der Waals surface area contributed by atoms with Crippen LogP contribution in [0.2, 0.25) is 0 Å². The summed E-state index contributed by atoms with van der Waals surface area (Å²) in [5, 5.41) is 0.939. The number of para-hydroxylation sites is 1. The number of aromatic nitrogens is 1. The molecule has 1 aliphatic rings. The zero-order valence-corrected chi connectivity index (χ0v) is 21.4. The standard InChI is InChI=1S/C30H30F3N3O2/c1-34-20-27(25-8-3-4-9-28(25)34)26(21-6-5-7-22(18-21)30(31,32)33)19-29(37)36-16-14-35(15-17-36)23-10-12-24(38-2)13-11-23/h3-13,18,20,26H,14-17,19H2,1-2H3. The Morgan fingerprint density at radius 1 is 0.947 bits per heavy atom. The fourth-order valence-electron chi connectivity index (χ4n) is 5.30. The minimum absolute atomic E-state index is 0.0604. The van der Waals surface area contributed by atoms with E-state index < -0.39 is 17.7 Å². The molecule has 0 spiro atoms. The van der Waals surface area contributed by atoms with Crippen LogP contribution < -0.4 is 9.64 Å². The smallest absolute Gasteiger partial charge is 0.416 e. The molecule has 0 N–H and O–H groups in total. The first kappa shape index (κ1) is 25.7. The predicted octanol–water partition coefficient (Wildman–Crippen LogP) is 6.08. The van der Waals surface area contributed by atoms with Crippen LogP contribution in [0.4, 0.5) is 18.9 Å². The van der Waals surface area contributed by atoms with Gasteiger partial charge in [-0.1, -0.05) is 36.4 Å². The van der Waals surface area contributed by atoms with E-state index in [9.17, 15) is 18.0 Å². The third kappa shape index (κ3) is 5.21. The van der Waals surface area contributed by atoms with Gasteiger partial charge in [-0.3, -0.25) is 4.79 Å². The van der Waals surface area contributed by atoms with Gasteiger partial charge in [0, 0.05) is 68.4 Å². The Bertz CT molecular complexity index is 1420. The first-order valence-electron chi connectivity index (χ1n) is 12.6. The van der Waals surface area contributed by atoms with Crippen LogP contribution in [0.3, 0.4) is 0 Å². The molecule has 1 fully saturated rings. The van der Waals surface area contributed by atoms with Crippen LogP contribution >= 0.6 is 0 Å². The third-order valence-electron chi connectivity index (χ3n) is 7.37. The van der Waals surface area contributed by atoms with Crippen molar-refractivity contribution in [3.05, 3.63) is 95.7 Å². The minimum Gasteiger partial charge on any atom is -0.497 e. The van der Waals surface area contributed by atoms with Crippen LogP contribution in [0.25, 0.3) is 10.9 Å². The summed E-state index contributed by atoms with van der Waals surface area (Å²) < 4.78 is 47.9. The molecule has 1 amide bonds. The number of hydrogen-bond acceptors (Lipinski definition) is 3. The van der Waals surface area contributed by atoms with Crippen LogP contribution in [0.5, 0.6) is 5.75 Å². The lowest BCUT2D eigenvalue weighted by atomic mass is 9.87. The normalized spacial score (nSPS) is 15.1. The maximum Gasteiger partial charge on any atom is 0.416 e. The van der Waals surface area contributed by atoms with Gasteiger partial charge < -0.3 is 19.1 Å². The second-order valence-electron chi connectivity index (χ2n) is 9.66. The Morgan fingerprint density at radius 3 is 2.34 bits per heavy atom. The minimum atomic E-state index is -4.46. The summed E-state index contributed by atoms with van der Waals surface area (Å²) in [7, 11) is 3.54. The summed E-state index contributed by atoms with van der Waals surface area (Å²) in [6.07, 6.45) is -2.43. The lowest BCUT2D eigenvalue weighted by Gasteiger charge is -2.36. The molecule has 5 nitrogen and oxygen atoms in total. The molecule has 0 aliphatic carbocycles. The van der Waals surface area contributed by atoms with Gasteiger partial charge in [-0.2, -0.15) is 13.2 Å². The molecule has 1 saturated heterocycles. The van der Waals surface area contributed by atoms with E-state index >= 15 is 0 Å². The number of benzene rings is 3. The number of piperazine rings is 1. The van der Waals surface area contributed by atoms with Crippen molar-refractivity contribution in [3.63, 3.8) is 0 Å². The van der Waals surface area contributed by atoms with Gasteiger partial charge in [0.2, 0.25) is 5.91 Å². The number of aryl methyl sites for hydroxylation is 1. The lowest BCUT2D eigenvalue weighted by molar-refractivity contribution is -0.137. The summed E-state index contributed by atoms with van der Waals surface area (Å²) in [6, 6.07) is 21.0. The van der Waals surface area contributed by atoms with Crippen molar-refractivity contribution in [2.75, 3.05) is 38.2 Å². The average Bonchev–Trinajstić information content (AvgIpc) is 3.27. The van der Waals surface area contributed by atoms with Crippen LogP contribution in [-0.4, -0.2) is 48.7 Å². The number of hydrogen-bond donors (Lipinski definition) is 0. The van der Waals surface area contributed by atoms with E-state index in [0.717, 1.165) is 34.0 Å². The largest absolute Gasteiger partial charge is 0.497 e. The van der Waals surface area contributed by atoms with E-state index in [0.29, 0.717) is 31.7 Å². The highest BCUT2D eigenvalue weighted by Gasteiger charge is 2.32. The summed E-state index contributed by atoms with van der Waals surface area (Å²) >= 11 is 0. The number of rotatable bonds is 6. The van der Waals surface area contributed by atoms with Crippen LogP contribution in [0, 0.1) is 0 Å². The fourth-order valence-corrected chi connectivity index (χ4v) is 5.30. The molecule has 0 radical (unpaired) electrons. The van der Waals surface area contributed by atoms with E-state index in [4.69, 9.17) is 4.74 Å². The van der Waals surface area contributed by atoms with Crippen molar-refractivity contribution in [3.8, 4) is 5.75 Å². The molecule has 1 unspecified atom stereocenters. The van der Waals surface area contributed by atoms with Gasteiger partial charge in [0.05, 0.1) is 12.7 Å². The van der Waals surface area contributed by atoms with Crippen LogP contribution in [0.1, 0.15) is 29.0 Å². The first-order valence-corrected chi connectivity index (χ1v) is 12.6. The summed E-state index contributed by atoms with van der Waals surface area (Å²) in [5.41, 5.74) is 2.67. The van der Waals surface area contributed by atoms with Gasteiger partial charge in [0.25, 0.3) is 0 Å². The molecule has 198 valence electrons. The molecule has 2 heterocycles. The zero-order chi connectivity index (χ0) is 26.9. The number of fused-ring (bicyclic) bond motifs is 1. The second-order valence-corrected chi connectivity index (χ2v) is 9.66. The zero-order valence-electron chi connectivity index (χ0n) is 21.4. The topological polar surface area (TPSA) is 37.7 Å². The third-order valence-corrected chi connectivity index (χ3v) is 7.37. The summed E-state index contributed by atoms with van der Waals surface area (Å²) in [5.74, 6) is 0.224. The number of halogens is 3. The lowest BCUT2D eigenvalue weighted by Crippen LogP contribution is -2.49. The molecule has 1 atom stereocenters. The number of anilines is 1. The molecule has 38 heavy (non-hydrogen) atoms. The first-order chi connectivity index (χ1) is 18.2. The number of alkyl halides is 3. The maximum absolute atomic E-state index is 13.6. The van der Waals surface area contributed by atoms with E-state index in [1.165, 1.54) is 12.1 Å². The van der Waals surface area contributed by atoms with Crippen molar-refractivity contribution in [2.45, 2.75) is 18.5 Å². The average molecular weight is 522 g/mol. The Labute approximate surface area is 220 Å². The molecular formula is C30H30F3N3O2. The Hall–Kier alpha value is -3.94. The van der Waals surface area contributed by atoms with Gasteiger partial charge in [0.15, 0.2) is 0 Å². The maximum atomic E-state index is 13.6. The van der Waals surface area contributed by atoms with Crippen molar-refractivity contribution in [2.24, 2.45) is 7.05 Å². The molecule has 1 aliphatic heterocycles. The predicted molar refractivity (Wildman–Crippen MR) is 143 cm³/mol. The summed E-state index contributed by atoms with van der Waals surface area (Å²) in [4.78, 5) is 17.6. The number of ether oxygens (including phenoxy) is 1. The second kappa shape index (κ2) is 10.4. The van der Waals surface area contributed by atoms with Gasteiger partial charge in [-0.25, -0.2) is 0 Å². The van der Waals surface area contributed by atoms with Crippen molar-refractivity contribution in [1.82, 2.24) is 9.47 Å². The highest BCUT2D eigenvalue weighted by molar-refractivity contribution is 5.86. The monoisotopic (exact) mass is 521 g/mol. The molecule has 1 aromatic heterocycles. The van der Waals surface area contributed by atoms with Gasteiger partial charge in [-0.15, -0.1) is 0 Å². The van der Waals surface area contributed by atoms with E-state index in [1.807, 2.05) is 71.2 Å². The molecule has 8 heteroatoms. The van der Waals surface area contributed by atoms with Crippen LogP contribution in [0.15, 0.2) is 79.0 Å². The number of methoxy groups -OCH3 is 1. The Kier molecular flexibility index (Phi) is 7.06. The number of amides is 1. The van der Waals surface area contributed by atoms with E-state index in [1.54, 1.807) is 13.2 Å². The van der Waals surface area contributed by atoms with Crippen LogP contribution in [-0.2, 0) is 18.0 Å². The number of carbonyl (C=O) groups excluding carboxylic acids is 1. The van der Waals surface area contributed by atoms with Crippen molar-refractivity contribution < 1.29 is 22.7 Å². The van der Waals surface area contributed by atoms with E-state index in [2.05, 4.69) is 4.90 Å². The molecule has 3 aromatic carbocycles. The SMILES string of the molecule is COc1ccc(N2CCN(C(=O)CC(c3cccc(C(F)(F)F)c3)c3cn(C)c4ccccc34)CC2)cc1. The Balaban J connectivity index is 1.40. The van der Waals surface area contributed by atoms with E-state index in [-0.39, 0.29) is 12.3 Å². The quantitative estimate of drug-likeness (QED) is 0.309. The molecule has 4 aromatic rings.